The molecule has 8 heteroatoms. The molecular formula is C27H25N5O2S. The molecule has 1 aliphatic carbocycles. The largest absolute Gasteiger partial charge is 0.278 e. The maximum absolute atomic E-state index is 11.5. The minimum atomic E-state index is -0.397. The molecule has 0 N–H and O–H groups in total. The van der Waals surface area contributed by atoms with Crippen LogP contribution in [0.5, 0.6) is 0 Å². The van der Waals surface area contributed by atoms with Crippen molar-refractivity contribution in [3.05, 3.63) is 104 Å². The van der Waals surface area contributed by atoms with Crippen LogP contribution in [0.3, 0.4) is 0 Å². The monoisotopic (exact) mass is 483 g/mol. The number of nitro benzene ring substituents is 1. The number of hydrogen-bond donors (Lipinski definition) is 0. The molecule has 7 nitrogen and oxygen atoms in total. The van der Waals surface area contributed by atoms with E-state index in [2.05, 4.69) is 34.4 Å². The van der Waals surface area contributed by atoms with Crippen LogP contribution in [0.2, 0.25) is 0 Å². The summed E-state index contributed by atoms with van der Waals surface area (Å²) in [6.07, 6.45) is 11.4. The summed E-state index contributed by atoms with van der Waals surface area (Å²) in [5.41, 5.74) is 4.44. The lowest BCUT2D eigenvalue weighted by Crippen LogP contribution is -2.12. The Bertz CT molecular complexity index is 1400. The maximum atomic E-state index is 11.5. The van der Waals surface area contributed by atoms with Gasteiger partial charge in [0, 0.05) is 23.2 Å². The van der Waals surface area contributed by atoms with E-state index >= 15 is 0 Å². The van der Waals surface area contributed by atoms with Gasteiger partial charge in [-0.15, -0.1) is 11.3 Å². The fourth-order valence-electron chi connectivity index (χ4n) is 4.46. The van der Waals surface area contributed by atoms with Gasteiger partial charge in [0.15, 0.2) is 0 Å². The minimum Gasteiger partial charge on any atom is -0.262 e. The highest BCUT2D eigenvalue weighted by molar-refractivity contribution is 7.07. The van der Waals surface area contributed by atoms with Gasteiger partial charge in [0.05, 0.1) is 34.3 Å². The Morgan fingerprint density at radius 1 is 1.03 bits per heavy atom. The van der Waals surface area contributed by atoms with Gasteiger partial charge in [-0.2, -0.15) is 5.10 Å². The number of nitrogens with zero attached hydrogens (tertiary/aromatic N) is 5. The summed E-state index contributed by atoms with van der Waals surface area (Å²) in [6, 6.07) is 19.0. The Labute approximate surface area is 207 Å². The van der Waals surface area contributed by atoms with E-state index < -0.39 is 4.92 Å². The zero-order valence-corrected chi connectivity index (χ0v) is 20.0. The summed E-state index contributed by atoms with van der Waals surface area (Å²) in [7, 11) is 0. The minimum absolute atomic E-state index is 0.0104. The molecule has 1 saturated carbocycles. The number of thiazole rings is 1. The van der Waals surface area contributed by atoms with Crippen LogP contribution in [-0.4, -0.2) is 20.8 Å². The summed E-state index contributed by atoms with van der Waals surface area (Å²) in [5, 5.41) is 18.1. The lowest BCUT2D eigenvalue weighted by atomic mass is 9.84. The standard InChI is InChI=1S/C27H25N5O2S/c33-32(34)25-11-5-4-9-23(25)17-29-31-26(19-35-27(31)30-24-10-6-16-28-18-24)22-14-12-21(13-15-22)20-7-2-1-3-8-20/h4-6,9-20H,1-3,7-8H2. The SMILES string of the molecule is O=[N+]([O-])c1ccccc1C=Nn1c(-c2ccc(C3CCCCC3)cc2)csc1=Nc1cccnc1. The number of rotatable bonds is 6. The number of pyridine rings is 1. The molecule has 176 valence electrons. The molecule has 1 aliphatic rings. The Balaban J connectivity index is 1.56. The average molecular weight is 484 g/mol. The van der Waals surface area contributed by atoms with Crippen molar-refractivity contribution in [1.29, 1.82) is 0 Å². The van der Waals surface area contributed by atoms with Gasteiger partial charge in [-0.25, -0.2) is 9.67 Å². The maximum Gasteiger partial charge on any atom is 0.278 e. The molecule has 0 atom stereocenters. The second-order valence-corrected chi connectivity index (χ2v) is 9.39. The quantitative estimate of drug-likeness (QED) is 0.174. The van der Waals surface area contributed by atoms with Gasteiger partial charge in [-0.1, -0.05) is 55.7 Å². The van der Waals surface area contributed by atoms with Gasteiger partial charge < -0.3 is 0 Å². The summed E-state index contributed by atoms with van der Waals surface area (Å²) < 4.78 is 1.74. The number of nitro groups is 1. The molecule has 2 aromatic heterocycles. The molecule has 5 rings (SSSR count). The van der Waals surface area contributed by atoms with Gasteiger partial charge in [0.25, 0.3) is 5.69 Å². The van der Waals surface area contributed by atoms with E-state index in [1.807, 2.05) is 17.5 Å². The molecule has 0 bridgehead atoms. The van der Waals surface area contributed by atoms with Gasteiger partial charge in [0.1, 0.15) is 0 Å². The summed E-state index contributed by atoms with van der Waals surface area (Å²) in [5.74, 6) is 0.639. The molecule has 0 unspecified atom stereocenters. The van der Waals surface area contributed by atoms with Crippen molar-refractivity contribution < 1.29 is 4.92 Å². The van der Waals surface area contributed by atoms with Crippen LogP contribution in [0.1, 0.15) is 49.1 Å². The highest BCUT2D eigenvalue weighted by atomic mass is 32.1. The number of benzene rings is 2. The zero-order valence-electron chi connectivity index (χ0n) is 19.2. The molecule has 0 aliphatic heterocycles. The van der Waals surface area contributed by atoms with Crippen molar-refractivity contribution in [3.8, 4) is 11.3 Å². The molecule has 2 aromatic carbocycles. The van der Waals surface area contributed by atoms with E-state index in [4.69, 9.17) is 4.99 Å². The van der Waals surface area contributed by atoms with Crippen molar-refractivity contribution in [2.75, 3.05) is 0 Å². The molecule has 0 radical (unpaired) electrons. The number of para-hydroxylation sites is 1. The van der Waals surface area contributed by atoms with Gasteiger partial charge in [-0.3, -0.25) is 15.1 Å². The smallest absolute Gasteiger partial charge is 0.262 e. The third-order valence-corrected chi connectivity index (χ3v) is 7.10. The van der Waals surface area contributed by atoms with Crippen molar-refractivity contribution >= 4 is 28.9 Å². The lowest BCUT2D eigenvalue weighted by molar-refractivity contribution is -0.385. The van der Waals surface area contributed by atoms with E-state index in [1.54, 1.807) is 35.3 Å². The second-order valence-electron chi connectivity index (χ2n) is 8.56. The predicted octanol–water partition coefficient (Wildman–Crippen LogP) is 6.68. The van der Waals surface area contributed by atoms with Gasteiger partial charge in [-0.05, 0) is 42.5 Å². The van der Waals surface area contributed by atoms with E-state index in [0.29, 0.717) is 22.0 Å². The molecule has 1 fully saturated rings. The van der Waals surface area contributed by atoms with Crippen molar-refractivity contribution in [2.24, 2.45) is 10.1 Å². The second kappa shape index (κ2) is 10.6. The third kappa shape index (κ3) is 5.27. The molecule has 2 heterocycles. The third-order valence-electron chi connectivity index (χ3n) is 6.28. The first-order valence-corrected chi connectivity index (χ1v) is 12.6. The van der Waals surface area contributed by atoms with E-state index in [1.165, 1.54) is 61.3 Å². The first-order chi connectivity index (χ1) is 17.2. The van der Waals surface area contributed by atoms with E-state index in [9.17, 15) is 10.1 Å². The Hall–Kier alpha value is -3.91. The first kappa shape index (κ1) is 22.9. The number of aromatic nitrogens is 2. The highest BCUT2D eigenvalue weighted by Crippen LogP contribution is 2.33. The van der Waals surface area contributed by atoms with E-state index in [0.717, 1.165) is 11.3 Å². The van der Waals surface area contributed by atoms with E-state index in [-0.39, 0.29) is 5.69 Å². The molecule has 35 heavy (non-hydrogen) atoms. The molecule has 4 aromatic rings. The summed E-state index contributed by atoms with van der Waals surface area (Å²) >= 11 is 1.46. The summed E-state index contributed by atoms with van der Waals surface area (Å²) in [4.78, 5) is 20.6. The van der Waals surface area contributed by atoms with Crippen LogP contribution in [0.15, 0.2) is 88.5 Å². The fraction of sp³-hybridized carbons (Fsp3) is 0.222. The van der Waals surface area contributed by atoms with Crippen LogP contribution >= 0.6 is 11.3 Å². The average Bonchev–Trinajstić information content (AvgIpc) is 3.31. The first-order valence-electron chi connectivity index (χ1n) is 11.7. The Morgan fingerprint density at radius 2 is 1.83 bits per heavy atom. The lowest BCUT2D eigenvalue weighted by Gasteiger charge is -2.22. The molecule has 0 spiro atoms. The fourth-order valence-corrected chi connectivity index (χ4v) is 5.32. The summed E-state index contributed by atoms with van der Waals surface area (Å²) in [6.45, 7) is 0. The Morgan fingerprint density at radius 3 is 2.57 bits per heavy atom. The van der Waals surface area contributed by atoms with Crippen LogP contribution in [-0.2, 0) is 0 Å². The zero-order chi connectivity index (χ0) is 24.0. The van der Waals surface area contributed by atoms with Crippen molar-refractivity contribution in [3.63, 3.8) is 0 Å². The van der Waals surface area contributed by atoms with Gasteiger partial charge in [0.2, 0.25) is 4.80 Å². The number of hydrogen-bond acceptors (Lipinski definition) is 6. The normalized spacial score (nSPS) is 15.0. The highest BCUT2D eigenvalue weighted by Gasteiger charge is 2.16. The molecule has 0 amide bonds. The molecule has 0 saturated heterocycles. The molecular weight excluding hydrogens is 458 g/mol. The van der Waals surface area contributed by atoms with Crippen LogP contribution in [0.25, 0.3) is 11.3 Å². The van der Waals surface area contributed by atoms with Gasteiger partial charge >= 0.3 is 0 Å². The van der Waals surface area contributed by atoms with Crippen molar-refractivity contribution in [2.45, 2.75) is 38.0 Å². The van der Waals surface area contributed by atoms with Crippen LogP contribution in [0, 0.1) is 10.1 Å². The predicted molar refractivity (Wildman–Crippen MR) is 139 cm³/mol. The van der Waals surface area contributed by atoms with Crippen molar-refractivity contribution in [1.82, 2.24) is 9.66 Å². The van der Waals surface area contributed by atoms with Crippen LogP contribution < -0.4 is 4.80 Å². The topological polar surface area (TPSA) is 85.7 Å². The Kier molecular flexibility index (Phi) is 6.90. The van der Waals surface area contributed by atoms with Crippen LogP contribution in [0.4, 0.5) is 11.4 Å².